The van der Waals surface area contributed by atoms with Crippen LogP contribution in [0.1, 0.15) is 39.5 Å². The molecule has 4 heteroatoms. The van der Waals surface area contributed by atoms with E-state index in [0.29, 0.717) is 0 Å². The van der Waals surface area contributed by atoms with Crippen molar-refractivity contribution in [3.05, 3.63) is 0 Å². The van der Waals surface area contributed by atoms with E-state index in [0.717, 1.165) is 51.9 Å². The van der Waals surface area contributed by atoms with Gasteiger partial charge in [0.25, 0.3) is 0 Å². The Kier molecular flexibility index (Phi) is 6.23. The number of carbonyl (C=O) groups excluding carboxylic acids is 1. The topological polar surface area (TPSA) is 41.6 Å². The third-order valence-corrected chi connectivity index (χ3v) is 2.75. The van der Waals surface area contributed by atoms with E-state index < -0.39 is 0 Å². The lowest BCUT2D eigenvalue weighted by molar-refractivity contribution is 0.0101. The van der Waals surface area contributed by atoms with E-state index in [1.807, 2.05) is 4.90 Å². The molecule has 0 bridgehead atoms. The van der Waals surface area contributed by atoms with Crippen LogP contribution >= 0.6 is 0 Å². The highest BCUT2D eigenvalue weighted by Gasteiger charge is 2.23. The van der Waals surface area contributed by atoms with Crippen LogP contribution in [-0.4, -0.2) is 43.3 Å². The summed E-state index contributed by atoms with van der Waals surface area (Å²) in [6, 6.07) is 0.0617. The molecule has 1 unspecified atom stereocenters. The highest BCUT2D eigenvalue weighted by Crippen LogP contribution is 2.13. The molecule has 0 saturated carbocycles. The molecule has 94 valence electrons. The SMILES string of the molecule is CCCNC(=O)N1CCCC(OCCC)C1. The minimum atomic E-state index is 0.0617. The van der Waals surface area contributed by atoms with E-state index in [-0.39, 0.29) is 12.1 Å². The summed E-state index contributed by atoms with van der Waals surface area (Å²) < 4.78 is 5.70. The summed E-state index contributed by atoms with van der Waals surface area (Å²) in [4.78, 5) is 13.6. The Labute approximate surface area is 98.3 Å². The van der Waals surface area contributed by atoms with Crippen molar-refractivity contribution in [1.82, 2.24) is 10.2 Å². The van der Waals surface area contributed by atoms with Crippen LogP contribution in [-0.2, 0) is 4.74 Å². The maximum absolute atomic E-state index is 11.7. The van der Waals surface area contributed by atoms with E-state index in [9.17, 15) is 4.79 Å². The van der Waals surface area contributed by atoms with E-state index in [2.05, 4.69) is 19.2 Å². The highest BCUT2D eigenvalue weighted by atomic mass is 16.5. The second-order valence-corrected chi connectivity index (χ2v) is 4.31. The number of rotatable bonds is 5. The van der Waals surface area contributed by atoms with Gasteiger partial charge in [-0.1, -0.05) is 13.8 Å². The van der Waals surface area contributed by atoms with Crippen molar-refractivity contribution >= 4 is 6.03 Å². The maximum Gasteiger partial charge on any atom is 0.317 e. The number of urea groups is 1. The fraction of sp³-hybridized carbons (Fsp3) is 0.917. The number of hydrogen-bond donors (Lipinski definition) is 1. The third-order valence-electron chi connectivity index (χ3n) is 2.75. The minimum absolute atomic E-state index is 0.0617. The van der Waals surface area contributed by atoms with Crippen molar-refractivity contribution in [2.75, 3.05) is 26.2 Å². The Balaban J connectivity index is 2.28. The summed E-state index contributed by atoms with van der Waals surface area (Å²) in [6.45, 7) is 7.33. The van der Waals surface area contributed by atoms with Crippen LogP contribution in [0.25, 0.3) is 0 Å². The Bertz CT molecular complexity index is 209. The first kappa shape index (κ1) is 13.3. The van der Waals surface area contributed by atoms with Gasteiger partial charge in [-0.3, -0.25) is 0 Å². The largest absolute Gasteiger partial charge is 0.376 e. The first-order valence-corrected chi connectivity index (χ1v) is 6.42. The number of piperidine rings is 1. The lowest BCUT2D eigenvalue weighted by atomic mass is 10.1. The predicted molar refractivity (Wildman–Crippen MR) is 64.5 cm³/mol. The normalized spacial score (nSPS) is 20.9. The molecule has 1 aliphatic rings. The third kappa shape index (κ3) is 4.39. The second-order valence-electron chi connectivity index (χ2n) is 4.31. The van der Waals surface area contributed by atoms with Crippen molar-refractivity contribution in [3.8, 4) is 0 Å². The summed E-state index contributed by atoms with van der Waals surface area (Å²) in [7, 11) is 0. The molecule has 0 aromatic carbocycles. The van der Waals surface area contributed by atoms with Gasteiger partial charge in [-0.15, -0.1) is 0 Å². The molecule has 1 aliphatic heterocycles. The average Bonchev–Trinajstić information content (AvgIpc) is 2.33. The first-order valence-electron chi connectivity index (χ1n) is 6.42. The second kappa shape index (κ2) is 7.49. The van der Waals surface area contributed by atoms with Gasteiger partial charge < -0.3 is 15.0 Å². The summed E-state index contributed by atoms with van der Waals surface area (Å²) in [6.07, 6.45) is 4.39. The number of likely N-dealkylation sites (tertiary alicyclic amines) is 1. The molecule has 1 heterocycles. The van der Waals surface area contributed by atoms with Crippen molar-refractivity contribution in [1.29, 1.82) is 0 Å². The van der Waals surface area contributed by atoms with Crippen LogP contribution in [0.5, 0.6) is 0 Å². The molecular formula is C12H24N2O2. The average molecular weight is 228 g/mol. The fourth-order valence-corrected chi connectivity index (χ4v) is 1.89. The van der Waals surface area contributed by atoms with Crippen LogP contribution in [0.15, 0.2) is 0 Å². The lowest BCUT2D eigenvalue weighted by Gasteiger charge is -2.32. The van der Waals surface area contributed by atoms with E-state index >= 15 is 0 Å². The monoisotopic (exact) mass is 228 g/mol. The van der Waals surface area contributed by atoms with Crippen molar-refractivity contribution in [2.24, 2.45) is 0 Å². The van der Waals surface area contributed by atoms with Crippen LogP contribution in [0.2, 0.25) is 0 Å². The molecule has 0 aromatic rings. The van der Waals surface area contributed by atoms with Crippen LogP contribution in [0.3, 0.4) is 0 Å². The molecule has 4 nitrogen and oxygen atoms in total. The van der Waals surface area contributed by atoms with Gasteiger partial charge in [-0.25, -0.2) is 4.79 Å². The van der Waals surface area contributed by atoms with Gasteiger partial charge in [0, 0.05) is 26.2 Å². The van der Waals surface area contributed by atoms with Crippen LogP contribution in [0.4, 0.5) is 4.79 Å². The number of nitrogens with zero attached hydrogens (tertiary/aromatic N) is 1. The molecule has 0 spiro atoms. The standard InChI is InChI=1S/C12H24N2O2/c1-3-7-13-12(15)14-8-5-6-11(10-14)16-9-4-2/h11H,3-10H2,1-2H3,(H,13,15). The van der Waals surface area contributed by atoms with Crippen molar-refractivity contribution in [3.63, 3.8) is 0 Å². The number of nitrogens with one attached hydrogen (secondary N) is 1. The van der Waals surface area contributed by atoms with Gasteiger partial charge in [0.2, 0.25) is 0 Å². The van der Waals surface area contributed by atoms with Gasteiger partial charge in [-0.05, 0) is 25.7 Å². The van der Waals surface area contributed by atoms with Gasteiger partial charge >= 0.3 is 6.03 Å². The summed E-state index contributed by atoms with van der Waals surface area (Å²) in [5.74, 6) is 0. The molecule has 1 N–H and O–H groups in total. The highest BCUT2D eigenvalue weighted by molar-refractivity contribution is 5.74. The van der Waals surface area contributed by atoms with E-state index in [1.165, 1.54) is 0 Å². The van der Waals surface area contributed by atoms with Crippen molar-refractivity contribution < 1.29 is 9.53 Å². The quantitative estimate of drug-likeness (QED) is 0.782. The van der Waals surface area contributed by atoms with Crippen molar-refractivity contribution in [2.45, 2.75) is 45.6 Å². The lowest BCUT2D eigenvalue weighted by Crippen LogP contribution is -2.47. The van der Waals surface area contributed by atoms with Gasteiger partial charge in [-0.2, -0.15) is 0 Å². The Morgan fingerprint density at radius 1 is 1.44 bits per heavy atom. The van der Waals surface area contributed by atoms with E-state index in [4.69, 9.17) is 4.74 Å². The van der Waals surface area contributed by atoms with E-state index in [1.54, 1.807) is 0 Å². The zero-order chi connectivity index (χ0) is 11.8. The molecular weight excluding hydrogens is 204 g/mol. The van der Waals surface area contributed by atoms with Crippen LogP contribution in [0, 0.1) is 0 Å². The zero-order valence-corrected chi connectivity index (χ0v) is 10.5. The van der Waals surface area contributed by atoms with Gasteiger partial charge in [0.1, 0.15) is 0 Å². The molecule has 1 rings (SSSR count). The van der Waals surface area contributed by atoms with Gasteiger partial charge in [0.15, 0.2) is 0 Å². The molecule has 16 heavy (non-hydrogen) atoms. The maximum atomic E-state index is 11.7. The number of amides is 2. The minimum Gasteiger partial charge on any atom is -0.376 e. The zero-order valence-electron chi connectivity index (χ0n) is 10.5. The number of ether oxygens (including phenoxy) is 1. The van der Waals surface area contributed by atoms with Gasteiger partial charge in [0.05, 0.1) is 6.10 Å². The summed E-state index contributed by atoms with van der Waals surface area (Å²) in [5, 5.41) is 2.91. The summed E-state index contributed by atoms with van der Waals surface area (Å²) >= 11 is 0. The molecule has 1 atom stereocenters. The van der Waals surface area contributed by atoms with Crippen LogP contribution < -0.4 is 5.32 Å². The molecule has 0 aromatic heterocycles. The number of carbonyl (C=O) groups is 1. The first-order chi connectivity index (χ1) is 7.77. The molecule has 1 saturated heterocycles. The smallest absolute Gasteiger partial charge is 0.317 e. The molecule has 0 aliphatic carbocycles. The summed E-state index contributed by atoms with van der Waals surface area (Å²) in [5.41, 5.74) is 0. The Hall–Kier alpha value is -0.770. The fourth-order valence-electron chi connectivity index (χ4n) is 1.89. The Morgan fingerprint density at radius 3 is 2.94 bits per heavy atom. The molecule has 0 radical (unpaired) electrons. The molecule has 2 amide bonds. The molecule has 1 fully saturated rings. The Morgan fingerprint density at radius 2 is 2.25 bits per heavy atom. The predicted octanol–water partition coefficient (Wildman–Crippen LogP) is 2.00. The number of hydrogen-bond acceptors (Lipinski definition) is 2.